The number of nitrogens with zero attached hydrogens (tertiary/aromatic N) is 1. The summed E-state index contributed by atoms with van der Waals surface area (Å²) in [5.41, 5.74) is 6.73. The number of allylic oxidation sites excluding steroid dienone is 2. The van der Waals surface area contributed by atoms with Crippen molar-refractivity contribution in [3.8, 4) is 11.5 Å². The first-order valence-corrected chi connectivity index (χ1v) is 9.44. The molecule has 1 aliphatic carbocycles. The van der Waals surface area contributed by atoms with Crippen molar-refractivity contribution >= 4 is 17.4 Å². The van der Waals surface area contributed by atoms with Crippen molar-refractivity contribution < 1.29 is 28.7 Å². The van der Waals surface area contributed by atoms with Gasteiger partial charge < -0.3 is 25.3 Å². The summed E-state index contributed by atoms with van der Waals surface area (Å²) in [5, 5.41) is 14.8. The smallest absolute Gasteiger partial charge is 0.338 e. The van der Waals surface area contributed by atoms with Crippen molar-refractivity contribution in [1.29, 1.82) is 0 Å². The molecule has 1 aromatic carbocycles. The van der Waals surface area contributed by atoms with E-state index in [0.29, 0.717) is 18.5 Å². The fourth-order valence-electron chi connectivity index (χ4n) is 3.88. The molecule has 0 spiro atoms. The number of nitro groups is 1. The van der Waals surface area contributed by atoms with Crippen LogP contribution < -0.4 is 20.5 Å². The normalized spacial score (nSPS) is 18.5. The molecule has 0 aromatic heterocycles. The van der Waals surface area contributed by atoms with Gasteiger partial charge >= 0.3 is 5.97 Å². The van der Waals surface area contributed by atoms with Crippen molar-refractivity contribution in [1.82, 2.24) is 5.32 Å². The van der Waals surface area contributed by atoms with Crippen molar-refractivity contribution in [3.63, 3.8) is 0 Å². The van der Waals surface area contributed by atoms with Gasteiger partial charge in [0.15, 0.2) is 17.3 Å². The van der Waals surface area contributed by atoms with Crippen LogP contribution in [0.25, 0.3) is 0 Å². The van der Waals surface area contributed by atoms with E-state index in [4.69, 9.17) is 19.9 Å². The number of nitro benzene ring substituents is 1. The predicted octanol–water partition coefficient (Wildman–Crippen LogP) is 2.04. The Morgan fingerprint density at radius 1 is 1.27 bits per heavy atom. The highest BCUT2D eigenvalue weighted by atomic mass is 16.6. The Hall–Kier alpha value is -3.56. The number of nitrogens with one attached hydrogen (secondary N) is 1. The standard InChI is InChI=1S/C20H23N3O7/c1-4-30-20(25)18-16(17-11(22-19(18)21)6-5-7-13(17)24)10-8-14(28-2)15(29-3)9-12(10)23(26)27/h8-9,16,22H,4-7,21H2,1-3H3. The number of ketones is 1. The second kappa shape index (κ2) is 8.44. The summed E-state index contributed by atoms with van der Waals surface area (Å²) in [5.74, 6) is -1.62. The Bertz CT molecular complexity index is 981. The molecule has 0 saturated heterocycles. The maximum Gasteiger partial charge on any atom is 0.338 e. The Balaban J connectivity index is 2.33. The highest BCUT2D eigenvalue weighted by molar-refractivity contribution is 6.04. The third-order valence-corrected chi connectivity index (χ3v) is 5.15. The molecule has 0 bridgehead atoms. The number of carbonyl (C=O) groups excluding carboxylic acids is 2. The van der Waals surface area contributed by atoms with Crippen LogP contribution in [-0.4, -0.2) is 37.5 Å². The fraction of sp³-hybridized carbons (Fsp3) is 0.400. The molecule has 1 unspecified atom stereocenters. The minimum atomic E-state index is -1.06. The SMILES string of the molecule is CCOC(=O)C1=C(N)NC2=C(C(=O)CCC2)C1c1cc(OC)c(OC)cc1[N+](=O)[O-]. The molecule has 1 heterocycles. The number of hydrogen-bond donors (Lipinski definition) is 2. The van der Waals surface area contributed by atoms with Gasteiger partial charge in [0.25, 0.3) is 5.69 Å². The minimum absolute atomic E-state index is 0.0102. The first-order chi connectivity index (χ1) is 14.3. The van der Waals surface area contributed by atoms with Gasteiger partial charge in [-0.3, -0.25) is 14.9 Å². The van der Waals surface area contributed by atoms with Gasteiger partial charge in [0.1, 0.15) is 5.82 Å². The third kappa shape index (κ3) is 3.56. The van der Waals surface area contributed by atoms with Crippen LogP contribution in [0.15, 0.2) is 34.8 Å². The summed E-state index contributed by atoms with van der Waals surface area (Å²) in [6.07, 6.45) is 1.43. The lowest BCUT2D eigenvalue weighted by atomic mass is 9.75. The van der Waals surface area contributed by atoms with Gasteiger partial charge in [-0.1, -0.05) is 0 Å². The largest absolute Gasteiger partial charge is 0.493 e. The molecule has 10 heteroatoms. The van der Waals surface area contributed by atoms with E-state index in [0.717, 1.165) is 0 Å². The van der Waals surface area contributed by atoms with E-state index in [2.05, 4.69) is 5.32 Å². The van der Waals surface area contributed by atoms with Crippen LogP contribution in [0.3, 0.4) is 0 Å². The molecule has 2 aliphatic rings. The van der Waals surface area contributed by atoms with Gasteiger partial charge in [0.2, 0.25) is 0 Å². The molecule has 1 aliphatic heterocycles. The van der Waals surface area contributed by atoms with Crippen LogP contribution in [0.5, 0.6) is 11.5 Å². The summed E-state index contributed by atoms with van der Waals surface area (Å²) in [6, 6.07) is 2.62. The Morgan fingerprint density at radius 3 is 2.53 bits per heavy atom. The third-order valence-electron chi connectivity index (χ3n) is 5.15. The Labute approximate surface area is 172 Å². The molecule has 1 atom stereocenters. The summed E-state index contributed by atoms with van der Waals surface area (Å²) in [7, 11) is 2.75. The summed E-state index contributed by atoms with van der Waals surface area (Å²) in [4.78, 5) is 36.9. The topological polar surface area (TPSA) is 143 Å². The van der Waals surface area contributed by atoms with Crippen molar-refractivity contribution in [2.45, 2.75) is 32.1 Å². The second-order valence-electron chi connectivity index (χ2n) is 6.80. The molecular weight excluding hydrogens is 394 g/mol. The molecule has 30 heavy (non-hydrogen) atoms. The number of nitrogens with two attached hydrogens (primary N) is 1. The second-order valence-corrected chi connectivity index (χ2v) is 6.80. The van der Waals surface area contributed by atoms with E-state index in [1.54, 1.807) is 6.92 Å². The maximum absolute atomic E-state index is 12.9. The van der Waals surface area contributed by atoms with Gasteiger partial charge in [-0.15, -0.1) is 0 Å². The van der Waals surface area contributed by atoms with Crippen molar-refractivity contribution in [2.24, 2.45) is 5.73 Å². The summed E-state index contributed by atoms with van der Waals surface area (Å²) >= 11 is 0. The van der Waals surface area contributed by atoms with Crippen LogP contribution in [0, 0.1) is 10.1 Å². The van der Waals surface area contributed by atoms with Crippen LogP contribution in [-0.2, 0) is 14.3 Å². The van der Waals surface area contributed by atoms with Gasteiger partial charge in [-0.25, -0.2) is 4.79 Å². The highest BCUT2D eigenvalue weighted by Gasteiger charge is 2.43. The molecule has 160 valence electrons. The number of carbonyl (C=O) groups is 2. The van der Waals surface area contributed by atoms with Crippen LogP contribution in [0.2, 0.25) is 0 Å². The zero-order chi connectivity index (χ0) is 22.0. The molecule has 3 rings (SSSR count). The van der Waals surface area contributed by atoms with E-state index < -0.39 is 16.8 Å². The number of esters is 1. The molecule has 10 nitrogen and oxygen atoms in total. The van der Waals surface area contributed by atoms with Gasteiger partial charge in [-0.2, -0.15) is 0 Å². The monoisotopic (exact) mass is 417 g/mol. The number of Topliss-reactive ketones (excluding diaryl/α,β-unsaturated/α-hetero) is 1. The first-order valence-electron chi connectivity index (χ1n) is 9.44. The Kier molecular flexibility index (Phi) is 5.95. The lowest BCUT2D eigenvalue weighted by Gasteiger charge is -2.33. The van der Waals surface area contributed by atoms with E-state index in [-0.39, 0.29) is 58.5 Å². The number of ether oxygens (including phenoxy) is 3. The van der Waals surface area contributed by atoms with Gasteiger partial charge in [0, 0.05) is 23.3 Å². The molecule has 0 amide bonds. The molecule has 0 radical (unpaired) electrons. The maximum atomic E-state index is 12.9. The van der Waals surface area contributed by atoms with Crippen LogP contribution in [0.4, 0.5) is 5.69 Å². The predicted molar refractivity (Wildman–Crippen MR) is 106 cm³/mol. The van der Waals surface area contributed by atoms with Gasteiger partial charge in [0.05, 0.1) is 43.3 Å². The summed E-state index contributed by atoms with van der Waals surface area (Å²) < 4.78 is 15.6. The van der Waals surface area contributed by atoms with Crippen molar-refractivity contribution in [3.05, 3.63) is 50.5 Å². The molecule has 0 saturated carbocycles. The van der Waals surface area contributed by atoms with E-state index in [1.807, 2.05) is 0 Å². The molecular formula is C20H23N3O7. The molecule has 1 aromatic rings. The lowest BCUT2D eigenvalue weighted by Crippen LogP contribution is -2.38. The zero-order valence-electron chi connectivity index (χ0n) is 16.9. The number of methoxy groups -OCH3 is 2. The quantitative estimate of drug-likeness (QED) is 0.404. The summed E-state index contributed by atoms with van der Waals surface area (Å²) in [6.45, 7) is 1.71. The van der Waals surface area contributed by atoms with Crippen LogP contribution in [0.1, 0.15) is 37.7 Å². The number of rotatable bonds is 6. The minimum Gasteiger partial charge on any atom is -0.493 e. The number of hydrogen-bond acceptors (Lipinski definition) is 9. The van der Waals surface area contributed by atoms with Crippen LogP contribution >= 0.6 is 0 Å². The average Bonchev–Trinajstić information content (AvgIpc) is 2.71. The van der Waals surface area contributed by atoms with E-state index in [1.165, 1.54) is 26.4 Å². The van der Waals surface area contributed by atoms with Crippen molar-refractivity contribution in [2.75, 3.05) is 20.8 Å². The number of benzene rings is 1. The average molecular weight is 417 g/mol. The Morgan fingerprint density at radius 2 is 1.93 bits per heavy atom. The molecule has 0 fully saturated rings. The lowest BCUT2D eigenvalue weighted by molar-refractivity contribution is -0.385. The van der Waals surface area contributed by atoms with E-state index in [9.17, 15) is 19.7 Å². The van der Waals surface area contributed by atoms with E-state index >= 15 is 0 Å². The fourth-order valence-corrected chi connectivity index (χ4v) is 3.88. The van der Waals surface area contributed by atoms with Gasteiger partial charge in [-0.05, 0) is 25.8 Å². The molecule has 3 N–H and O–H groups in total. The highest BCUT2D eigenvalue weighted by Crippen LogP contribution is 2.47. The number of dihydropyridines is 1. The first kappa shape index (κ1) is 21.2. The zero-order valence-corrected chi connectivity index (χ0v) is 16.9.